The quantitative estimate of drug-likeness (QED) is 0.646. The number of hydrogen-bond donors (Lipinski definition) is 2. The number of Topliss-reactive ketones (excluding diaryl/α,β-unsaturated/α-hetero) is 1. The summed E-state index contributed by atoms with van der Waals surface area (Å²) in [5.74, 6) is -0.694. The number of rotatable bonds is 5. The lowest BCUT2D eigenvalue weighted by molar-refractivity contribution is 0.0248. The van der Waals surface area contributed by atoms with E-state index in [1.807, 2.05) is 6.07 Å². The number of hydrogen-bond acceptors (Lipinski definition) is 3. The lowest BCUT2D eigenvalue weighted by atomic mass is 9.85. The Kier molecular flexibility index (Phi) is 4.01. The summed E-state index contributed by atoms with van der Waals surface area (Å²) in [6, 6.07) is 17.2. The molecule has 0 fully saturated rings. The van der Waals surface area contributed by atoms with E-state index in [1.165, 1.54) is 0 Å². The molecule has 0 radical (unpaired) electrons. The van der Waals surface area contributed by atoms with Gasteiger partial charge >= 0.3 is 0 Å². The Morgan fingerprint density at radius 3 is 2.00 bits per heavy atom. The Hall–Kier alpha value is -2.39. The number of aliphatic hydroxyl groups is 2. The molecular formula is C17H16O3. The Labute approximate surface area is 117 Å². The van der Waals surface area contributed by atoms with Gasteiger partial charge in [-0.2, -0.15) is 0 Å². The molecule has 2 aromatic rings. The van der Waals surface area contributed by atoms with E-state index in [4.69, 9.17) is 0 Å². The van der Waals surface area contributed by atoms with E-state index in [1.54, 1.807) is 54.6 Å². The summed E-state index contributed by atoms with van der Waals surface area (Å²) < 4.78 is 0. The Balaban J connectivity index is 2.32. The SMILES string of the molecule is C=C(O)C(O)(CC(=O)c1ccccc1)c1ccccc1. The molecule has 0 aliphatic rings. The molecule has 0 spiro atoms. The maximum atomic E-state index is 12.2. The molecular weight excluding hydrogens is 252 g/mol. The summed E-state index contributed by atoms with van der Waals surface area (Å²) in [6.45, 7) is 3.40. The predicted octanol–water partition coefficient (Wildman–Crippen LogP) is 3.22. The summed E-state index contributed by atoms with van der Waals surface area (Å²) in [4.78, 5) is 12.2. The molecule has 1 atom stereocenters. The van der Waals surface area contributed by atoms with Gasteiger partial charge in [0.25, 0.3) is 0 Å². The molecule has 2 N–H and O–H groups in total. The van der Waals surface area contributed by atoms with Crippen molar-refractivity contribution >= 4 is 5.78 Å². The van der Waals surface area contributed by atoms with E-state index in [2.05, 4.69) is 6.58 Å². The van der Waals surface area contributed by atoms with Crippen LogP contribution in [0.4, 0.5) is 0 Å². The monoisotopic (exact) mass is 268 g/mol. The standard InChI is InChI=1S/C17H16O3/c1-13(18)17(20,15-10-6-3-7-11-15)12-16(19)14-8-4-2-5-9-14/h2-11,18,20H,1,12H2. The average molecular weight is 268 g/mol. The topological polar surface area (TPSA) is 57.5 Å². The minimum Gasteiger partial charge on any atom is -0.509 e. The highest BCUT2D eigenvalue weighted by atomic mass is 16.3. The van der Waals surface area contributed by atoms with Crippen LogP contribution in [0.15, 0.2) is 73.0 Å². The maximum Gasteiger partial charge on any atom is 0.166 e. The molecule has 0 saturated heterocycles. The molecule has 1 unspecified atom stereocenters. The van der Waals surface area contributed by atoms with Gasteiger partial charge in [0.05, 0.1) is 6.42 Å². The van der Waals surface area contributed by atoms with Crippen LogP contribution in [0.1, 0.15) is 22.3 Å². The molecule has 0 heterocycles. The third-order valence-electron chi connectivity index (χ3n) is 3.24. The van der Waals surface area contributed by atoms with E-state index >= 15 is 0 Å². The molecule has 0 bridgehead atoms. The molecule has 0 aliphatic heterocycles. The van der Waals surface area contributed by atoms with E-state index in [-0.39, 0.29) is 12.2 Å². The van der Waals surface area contributed by atoms with Gasteiger partial charge in [-0.25, -0.2) is 0 Å². The fraction of sp³-hybridized carbons (Fsp3) is 0.118. The first-order chi connectivity index (χ1) is 9.54. The first-order valence-electron chi connectivity index (χ1n) is 6.28. The Bertz CT molecular complexity index is 605. The van der Waals surface area contributed by atoms with Crippen molar-refractivity contribution in [3.63, 3.8) is 0 Å². The molecule has 0 saturated carbocycles. The second kappa shape index (κ2) is 5.72. The minimum atomic E-state index is -1.77. The van der Waals surface area contributed by atoms with Crippen LogP contribution in [0.2, 0.25) is 0 Å². The van der Waals surface area contributed by atoms with Crippen molar-refractivity contribution in [3.05, 3.63) is 84.1 Å². The number of benzene rings is 2. The van der Waals surface area contributed by atoms with E-state index in [9.17, 15) is 15.0 Å². The molecule has 2 rings (SSSR count). The van der Waals surface area contributed by atoms with Crippen molar-refractivity contribution in [1.82, 2.24) is 0 Å². The largest absolute Gasteiger partial charge is 0.509 e. The molecule has 20 heavy (non-hydrogen) atoms. The third-order valence-corrected chi connectivity index (χ3v) is 3.24. The zero-order valence-electron chi connectivity index (χ0n) is 11.0. The van der Waals surface area contributed by atoms with Gasteiger partial charge in [-0.3, -0.25) is 4.79 Å². The second-order valence-electron chi connectivity index (χ2n) is 4.64. The van der Waals surface area contributed by atoms with Crippen LogP contribution in [0.5, 0.6) is 0 Å². The fourth-order valence-corrected chi connectivity index (χ4v) is 2.04. The molecule has 3 nitrogen and oxygen atoms in total. The van der Waals surface area contributed by atoms with Gasteiger partial charge in [-0.15, -0.1) is 0 Å². The first kappa shape index (κ1) is 14.0. The van der Waals surface area contributed by atoms with Crippen molar-refractivity contribution in [3.8, 4) is 0 Å². The molecule has 0 aliphatic carbocycles. The summed E-state index contributed by atoms with van der Waals surface area (Å²) in [7, 11) is 0. The highest BCUT2D eigenvalue weighted by Crippen LogP contribution is 2.31. The van der Waals surface area contributed by atoms with Crippen molar-refractivity contribution in [1.29, 1.82) is 0 Å². The Morgan fingerprint density at radius 1 is 1.00 bits per heavy atom. The molecule has 2 aromatic carbocycles. The summed E-state index contributed by atoms with van der Waals surface area (Å²) in [5, 5.41) is 20.3. The van der Waals surface area contributed by atoms with Crippen LogP contribution in [-0.4, -0.2) is 16.0 Å². The molecule has 0 aromatic heterocycles. The van der Waals surface area contributed by atoms with Gasteiger partial charge in [0.15, 0.2) is 11.4 Å². The lowest BCUT2D eigenvalue weighted by Gasteiger charge is -2.26. The predicted molar refractivity (Wildman–Crippen MR) is 77.5 cm³/mol. The maximum absolute atomic E-state index is 12.2. The van der Waals surface area contributed by atoms with Crippen molar-refractivity contribution in [2.45, 2.75) is 12.0 Å². The van der Waals surface area contributed by atoms with Gasteiger partial charge in [0.2, 0.25) is 0 Å². The van der Waals surface area contributed by atoms with E-state index in [0.29, 0.717) is 11.1 Å². The van der Waals surface area contributed by atoms with Crippen LogP contribution in [0.25, 0.3) is 0 Å². The lowest BCUT2D eigenvalue weighted by Crippen LogP contribution is -2.31. The van der Waals surface area contributed by atoms with Crippen LogP contribution in [0.3, 0.4) is 0 Å². The van der Waals surface area contributed by atoms with Gasteiger partial charge in [0.1, 0.15) is 5.76 Å². The summed E-state index contributed by atoms with van der Waals surface area (Å²) in [6.07, 6.45) is -0.254. The smallest absolute Gasteiger partial charge is 0.166 e. The number of aliphatic hydroxyl groups excluding tert-OH is 1. The average Bonchev–Trinajstić information content (AvgIpc) is 2.48. The normalized spacial score (nSPS) is 13.4. The zero-order valence-corrected chi connectivity index (χ0v) is 11.0. The molecule has 3 heteroatoms. The van der Waals surface area contributed by atoms with Gasteiger partial charge in [-0.1, -0.05) is 67.2 Å². The second-order valence-corrected chi connectivity index (χ2v) is 4.64. The van der Waals surface area contributed by atoms with Gasteiger partial charge in [0, 0.05) is 5.56 Å². The summed E-state index contributed by atoms with van der Waals surface area (Å²) >= 11 is 0. The minimum absolute atomic E-state index is 0.254. The number of carbonyl (C=O) groups is 1. The molecule has 0 amide bonds. The van der Waals surface area contributed by atoms with E-state index < -0.39 is 11.4 Å². The number of carbonyl (C=O) groups excluding carboxylic acids is 1. The van der Waals surface area contributed by atoms with Crippen molar-refractivity contribution < 1.29 is 15.0 Å². The summed E-state index contributed by atoms with van der Waals surface area (Å²) in [5.41, 5.74) is -0.839. The van der Waals surface area contributed by atoms with Gasteiger partial charge < -0.3 is 10.2 Å². The van der Waals surface area contributed by atoms with Crippen LogP contribution in [0, 0.1) is 0 Å². The third kappa shape index (κ3) is 2.78. The van der Waals surface area contributed by atoms with Crippen molar-refractivity contribution in [2.24, 2.45) is 0 Å². The highest BCUT2D eigenvalue weighted by Gasteiger charge is 2.35. The van der Waals surface area contributed by atoms with Gasteiger partial charge in [-0.05, 0) is 5.56 Å². The Morgan fingerprint density at radius 2 is 1.50 bits per heavy atom. The zero-order chi connectivity index (χ0) is 14.6. The van der Waals surface area contributed by atoms with Crippen LogP contribution in [-0.2, 0) is 5.60 Å². The van der Waals surface area contributed by atoms with Crippen molar-refractivity contribution in [2.75, 3.05) is 0 Å². The van der Waals surface area contributed by atoms with Crippen LogP contribution < -0.4 is 0 Å². The van der Waals surface area contributed by atoms with Crippen LogP contribution >= 0.6 is 0 Å². The molecule has 102 valence electrons. The number of ketones is 1. The highest BCUT2D eigenvalue weighted by molar-refractivity contribution is 5.97. The first-order valence-corrected chi connectivity index (χ1v) is 6.28. The van der Waals surface area contributed by atoms with E-state index in [0.717, 1.165) is 0 Å². The fourth-order valence-electron chi connectivity index (χ4n) is 2.04.